The van der Waals surface area contributed by atoms with Crippen LogP contribution in [0.4, 0.5) is 4.79 Å². The van der Waals surface area contributed by atoms with Crippen molar-refractivity contribution in [1.82, 2.24) is 15.2 Å². The van der Waals surface area contributed by atoms with Gasteiger partial charge in [0, 0.05) is 13.6 Å². The lowest BCUT2D eigenvalue weighted by Gasteiger charge is -2.30. The molecule has 1 aromatic rings. The molecule has 33 heavy (non-hydrogen) atoms. The maximum atomic E-state index is 12.6. The van der Waals surface area contributed by atoms with Crippen molar-refractivity contribution in [3.63, 3.8) is 0 Å². The summed E-state index contributed by atoms with van der Waals surface area (Å²) in [4.78, 5) is 46.0. The molecule has 2 amide bonds. The highest BCUT2D eigenvalue weighted by atomic mass is 16.6. The Morgan fingerprint density at radius 3 is 2.45 bits per heavy atom. The van der Waals surface area contributed by atoms with Crippen LogP contribution in [0.3, 0.4) is 0 Å². The van der Waals surface area contributed by atoms with Gasteiger partial charge in [-0.3, -0.25) is 14.7 Å². The zero-order valence-corrected chi connectivity index (χ0v) is 20.1. The molecule has 0 aliphatic rings. The predicted octanol–water partition coefficient (Wildman–Crippen LogP) is 1.87. The van der Waals surface area contributed by atoms with Crippen LogP contribution in [0.2, 0.25) is 0 Å². The number of nitrogens with two attached hydrogens (primary N) is 2. The number of nitrogens with zero attached hydrogens (tertiary/aromatic N) is 3. The summed E-state index contributed by atoms with van der Waals surface area (Å²) in [5, 5.41) is 11.8. The van der Waals surface area contributed by atoms with Crippen molar-refractivity contribution in [2.45, 2.75) is 71.6 Å². The number of amides is 2. The van der Waals surface area contributed by atoms with E-state index in [1.54, 1.807) is 27.8 Å². The third-order valence-corrected chi connectivity index (χ3v) is 4.43. The Bertz CT molecular complexity index is 841. The minimum atomic E-state index is -1.20. The molecule has 2 atom stereocenters. The Balaban J connectivity index is 2.95. The third-order valence-electron chi connectivity index (χ3n) is 4.43. The topological polar surface area (TPSA) is 186 Å². The number of carboxylic acids is 1. The molecule has 0 fully saturated rings. The van der Waals surface area contributed by atoms with Crippen molar-refractivity contribution in [3.8, 4) is 0 Å². The van der Waals surface area contributed by atoms with E-state index >= 15 is 0 Å². The van der Waals surface area contributed by atoms with Gasteiger partial charge in [-0.25, -0.2) is 14.6 Å². The molecule has 0 saturated heterocycles. The summed E-state index contributed by atoms with van der Waals surface area (Å²) in [7, 11) is 1.57. The van der Waals surface area contributed by atoms with Gasteiger partial charge in [-0.15, -0.1) is 0 Å². The minimum Gasteiger partial charge on any atom is -0.480 e. The molecule has 0 aromatic carbocycles. The van der Waals surface area contributed by atoms with E-state index in [0.29, 0.717) is 12.8 Å². The molecular formula is C21H36N6O6. The zero-order valence-electron chi connectivity index (χ0n) is 20.1. The number of carbonyl (C=O) groups excluding carboxylic acids is 2. The number of carboxylic acid groups (broad SMARTS) is 1. The highest BCUT2D eigenvalue weighted by molar-refractivity contribution is 5.94. The van der Waals surface area contributed by atoms with E-state index in [4.69, 9.17) is 20.6 Å². The van der Waals surface area contributed by atoms with E-state index in [-0.39, 0.29) is 36.4 Å². The number of carbonyl (C=O) groups is 3. The first-order chi connectivity index (χ1) is 15.2. The van der Waals surface area contributed by atoms with Crippen LogP contribution in [0.15, 0.2) is 15.7 Å². The molecule has 0 unspecified atom stereocenters. The van der Waals surface area contributed by atoms with Crippen LogP contribution in [0, 0.1) is 5.92 Å². The summed E-state index contributed by atoms with van der Waals surface area (Å²) < 4.78 is 10.9. The van der Waals surface area contributed by atoms with Crippen molar-refractivity contribution in [2.75, 3.05) is 13.6 Å². The fourth-order valence-electron chi connectivity index (χ4n) is 2.87. The smallest absolute Gasteiger partial charge is 0.410 e. The second kappa shape index (κ2) is 12.1. The van der Waals surface area contributed by atoms with Gasteiger partial charge in [-0.05, 0) is 46.0 Å². The average molecular weight is 469 g/mol. The molecule has 0 aliphatic carbocycles. The van der Waals surface area contributed by atoms with E-state index in [9.17, 15) is 19.5 Å². The van der Waals surface area contributed by atoms with Gasteiger partial charge in [0.05, 0.1) is 0 Å². The highest BCUT2D eigenvalue weighted by Crippen LogP contribution is 2.28. The second-order valence-corrected chi connectivity index (χ2v) is 9.12. The van der Waals surface area contributed by atoms with E-state index in [0.717, 1.165) is 6.26 Å². The minimum absolute atomic E-state index is 0.0895. The quantitative estimate of drug-likeness (QED) is 0.213. The van der Waals surface area contributed by atoms with Crippen molar-refractivity contribution in [2.24, 2.45) is 22.4 Å². The van der Waals surface area contributed by atoms with Crippen LogP contribution in [-0.4, -0.2) is 64.2 Å². The summed E-state index contributed by atoms with van der Waals surface area (Å²) in [6, 6.07) is -1.72. The summed E-state index contributed by atoms with van der Waals surface area (Å²) >= 11 is 0. The molecule has 0 aliphatic heterocycles. The van der Waals surface area contributed by atoms with Crippen molar-refractivity contribution < 1.29 is 28.6 Å². The molecule has 1 rings (SSSR count). The summed E-state index contributed by atoms with van der Waals surface area (Å²) in [6.07, 6.45) is 1.58. The lowest BCUT2D eigenvalue weighted by molar-refractivity contribution is -0.139. The Labute approximate surface area is 193 Å². The number of hydrogen-bond acceptors (Lipinski definition) is 7. The maximum Gasteiger partial charge on any atom is 0.410 e. The number of aliphatic imine (C=N–C) groups is 1. The first kappa shape index (κ1) is 27.7. The van der Waals surface area contributed by atoms with Gasteiger partial charge >= 0.3 is 12.1 Å². The number of nitrogens with one attached hydrogen (secondary N) is 1. The molecular weight excluding hydrogens is 432 g/mol. The molecule has 0 radical (unpaired) electrons. The van der Waals surface area contributed by atoms with Crippen LogP contribution in [0.5, 0.6) is 0 Å². The number of aromatic nitrogens is 1. The summed E-state index contributed by atoms with van der Waals surface area (Å²) in [6.45, 7) is 9.49. The maximum absolute atomic E-state index is 12.6. The van der Waals surface area contributed by atoms with Gasteiger partial charge < -0.3 is 31.0 Å². The van der Waals surface area contributed by atoms with E-state index in [2.05, 4.69) is 15.3 Å². The third kappa shape index (κ3) is 9.79. The van der Waals surface area contributed by atoms with Crippen molar-refractivity contribution in [3.05, 3.63) is 17.8 Å². The van der Waals surface area contributed by atoms with E-state index in [1.165, 1.54) is 4.90 Å². The van der Waals surface area contributed by atoms with Gasteiger partial charge in [0.2, 0.25) is 5.89 Å². The monoisotopic (exact) mass is 468 g/mol. The van der Waals surface area contributed by atoms with Crippen LogP contribution in [-0.2, 0) is 9.53 Å². The van der Waals surface area contributed by atoms with Crippen LogP contribution in [0.25, 0.3) is 0 Å². The Morgan fingerprint density at radius 1 is 1.30 bits per heavy atom. The van der Waals surface area contributed by atoms with E-state index < -0.39 is 35.7 Å². The highest BCUT2D eigenvalue weighted by Gasteiger charge is 2.31. The molecule has 186 valence electrons. The molecule has 0 spiro atoms. The average Bonchev–Trinajstić information content (AvgIpc) is 3.16. The van der Waals surface area contributed by atoms with Crippen molar-refractivity contribution in [1.29, 1.82) is 0 Å². The van der Waals surface area contributed by atoms with Crippen LogP contribution < -0.4 is 16.8 Å². The van der Waals surface area contributed by atoms with Gasteiger partial charge in [0.25, 0.3) is 5.91 Å². The van der Waals surface area contributed by atoms with Gasteiger partial charge in [-0.2, -0.15) is 0 Å². The Kier molecular flexibility index (Phi) is 10.1. The van der Waals surface area contributed by atoms with Gasteiger partial charge in [0.1, 0.15) is 23.9 Å². The fourth-order valence-corrected chi connectivity index (χ4v) is 2.87. The molecule has 6 N–H and O–H groups in total. The SMILES string of the molecule is CC(C)C[C@@H](c1nc(C(=O)N[C@@H](CCCN=C(N)N)C(=O)O)co1)N(C)C(=O)OC(C)(C)C. The largest absolute Gasteiger partial charge is 0.480 e. The van der Waals surface area contributed by atoms with Crippen molar-refractivity contribution >= 4 is 23.9 Å². The molecule has 12 nitrogen and oxygen atoms in total. The van der Waals surface area contributed by atoms with Gasteiger partial charge in [-0.1, -0.05) is 13.8 Å². The number of hydrogen-bond donors (Lipinski definition) is 4. The van der Waals surface area contributed by atoms with Crippen LogP contribution >= 0.6 is 0 Å². The number of oxazole rings is 1. The number of rotatable bonds is 11. The first-order valence-electron chi connectivity index (χ1n) is 10.7. The standard InChI is InChI=1S/C21H36N6O6/c1-12(2)10-15(27(6)20(31)33-21(3,4)5)17-26-14(11-32-17)16(28)25-13(18(29)30)8-7-9-24-19(22)23/h11-13,15H,7-10H2,1-6H3,(H,25,28)(H,29,30)(H4,22,23,24)/t13-,15-/m0/s1. The molecule has 1 aromatic heterocycles. The molecule has 12 heteroatoms. The summed E-state index contributed by atoms with van der Waals surface area (Å²) in [5.41, 5.74) is 9.72. The number of guanidine groups is 1. The number of aliphatic carboxylic acids is 1. The zero-order chi connectivity index (χ0) is 25.3. The summed E-state index contributed by atoms with van der Waals surface area (Å²) in [5.74, 6) is -1.65. The first-order valence-corrected chi connectivity index (χ1v) is 10.7. The van der Waals surface area contributed by atoms with E-state index in [1.807, 2.05) is 13.8 Å². The lowest BCUT2D eigenvalue weighted by Crippen LogP contribution is -2.41. The Morgan fingerprint density at radius 2 is 1.94 bits per heavy atom. The lowest BCUT2D eigenvalue weighted by atomic mass is 10.0. The van der Waals surface area contributed by atoms with Gasteiger partial charge in [0.15, 0.2) is 11.7 Å². The second-order valence-electron chi connectivity index (χ2n) is 9.12. The van der Waals surface area contributed by atoms with Crippen LogP contribution in [0.1, 0.15) is 76.3 Å². The Hall–Kier alpha value is -3.31. The predicted molar refractivity (Wildman–Crippen MR) is 121 cm³/mol. The molecule has 0 saturated carbocycles. The fraction of sp³-hybridized carbons (Fsp3) is 0.667. The normalized spacial score (nSPS) is 13.2. The number of ether oxygens (including phenoxy) is 1. The molecule has 1 heterocycles. The molecule has 0 bridgehead atoms.